The van der Waals surface area contributed by atoms with E-state index in [1.165, 1.54) is 4.90 Å². The third-order valence-electron chi connectivity index (χ3n) is 4.74. The maximum Gasteiger partial charge on any atom is 0.332 e. The van der Waals surface area contributed by atoms with Gasteiger partial charge < -0.3 is 10.0 Å². The van der Waals surface area contributed by atoms with E-state index in [4.69, 9.17) is 0 Å². The molecular weight excluding hydrogens is 318 g/mol. The second kappa shape index (κ2) is 5.72. The zero-order valence-corrected chi connectivity index (χ0v) is 13.3. The molecule has 6 heteroatoms. The number of amides is 3. The maximum absolute atomic E-state index is 12.6. The van der Waals surface area contributed by atoms with Gasteiger partial charge in [0.1, 0.15) is 6.04 Å². The Labute approximate surface area is 144 Å². The van der Waals surface area contributed by atoms with Gasteiger partial charge in [0.05, 0.1) is 23.4 Å². The minimum absolute atomic E-state index is 0.370. The molecule has 2 saturated heterocycles. The number of aliphatic hydroxyl groups excluding tert-OH is 1. The molecule has 0 aromatic heterocycles. The van der Waals surface area contributed by atoms with Crippen LogP contribution >= 0.6 is 0 Å². The number of nitriles is 1. The SMILES string of the molecule is N#Cc1ccc(N2C(=O)[C@@H]3[C@H](O)CCN3C2=O)cc1-c1ccccc1. The van der Waals surface area contributed by atoms with Crippen LogP contribution in [0.3, 0.4) is 0 Å². The topological polar surface area (TPSA) is 84.6 Å². The summed E-state index contributed by atoms with van der Waals surface area (Å²) in [6.07, 6.45) is -0.410. The lowest BCUT2D eigenvalue weighted by atomic mass is 9.99. The summed E-state index contributed by atoms with van der Waals surface area (Å²) in [6, 6.07) is 15.1. The molecule has 2 atom stereocenters. The van der Waals surface area contributed by atoms with E-state index in [-0.39, 0.29) is 0 Å². The Morgan fingerprint density at radius 3 is 2.56 bits per heavy atom. The van der Waals surface area contributed by atoms with Crippen LogP contribution in [0.2, 0.25) is 0 Å². The molecule has 3 amide bonds. The second-order valence-corrected chi connectivity index (χ2v) is 6.16. The van der Waals surface area contributed by atoms with Crippen LogP contribution in [0.25, 0.3) is 11.1 Å². The first-order valence-electron chi connectivity index (χ1n) is 8.04. The average Bonchev–Trinajstić information content (AvgIpc) is 3.14. The van der Waals surface area contributed by atoms with Crippen LogP contribution in [-0.4, -0.2) is 40.6 Å². The number of hydrogen-bond donors (Lipinski definition) is 1. The van der Waals surface area contributed by atoms with E-state index in [0.717, 1.165) is 10.5 Å². The summed E-state index contributed by atoms with van der Waals surface area (Å²) < 4.78 is 0. The fourth-order valence-electron chi connectivity index (χ4n) is 3.51. The van der Waals surface area contributed by atoms with Crippen molar-refractivity contribution < 1.29 is 14.7 Å². The monoisotopic (exact) mass is 333 g/mol. The van der Waals surface area contributed by atoms with Gasteiger partial charge in [-0.05, 0) is 30.2 Å². The van der Waals surface area contributed by atoms with Gasteiger partial charge in [-0.25, -0.2) is 9.69 Å². The number of carbonyl (C=O) groups excluding carboxylic acids is 2. The number of rotatable bonds is 2. The Balaban J connectivity index is 1.79. The van der Waals surface area contributed by atoms with Crippen molar-refractivity contribution in [2.75, 3.05) is 11.4 Å². The summed E-state index contributed by atoms with van der Waals surface area (Å²) >= 11 is 0. The third kappa shape index (κ3) is 2.29. The quantitative estimate of drug-likeness (QED) is 0.853. The van der Waals surface area contributed by atoms with Crippen molar-refractivity contribution in [3.63, 3.8) is 0 Å². The molecule has 0 spiro atoms. The van der Waals surface area contributed by atoms with Crippen molar-refractivity contribution in [1.82, 2.24) is 4.90 Å². The van der Waals surface area contributed by atoms with Gasteiger partial charge in [-0.2, -0.15) is 5.26 Å². The number of benzene rings is 2. The Morgan fingerprint density at radius 1 is 1.12 bits per heavy atom. The van der Waals surface area contributed by atoms with Crippen LogP contribution in [-0.2, 0) is 4.79 Å². The lowest BCUT2D eigenvalue weighted by Gasteiger charge is -2.17. The van der Waals surface area contributed by atoms with Gasteiger partial charge in [0, 0.05) is 12.1 Å². The smallest absolute Gasteiger partial charge is 0.332 e. The molecule has 0 radical (unpaired) electrons. The molecule has 2 heterocycles. The minimum Gasteiger partial charge on any atom is -0.390 e. The third-order valence-corrected chi connectivity index (χ3v) is 4.74. The highest BCUT2D eigenvalue weighted by atomic mass is 16.3. The molecule has 2 aliphatic rings. The first-order chi connectivity index (χ1) is 12.1. The van der Waals surface area contributed by atoms with Crippen molar-refractivity contribution in [2.24, 2.45) is 0 Å². The number of urea groups is 1. The largest absolute Gasteiger partial charge is 0.390 e. The van der Waals surface area contributed by atoms with Gasteiger partial charge in [-0.1, -0.05) is 30.3 Å². The molecule has 0 saturated carbocycles. The van der Waals surface area contributed by atoms with E-state index in [1.54, 1.807) is 18.2 Å². The molecule has 0 aliphatic carbocycles. The van der Waals surface area contributed by atoms with E-state index in [1.807, 2.05) is 30.3 Å². The molecule has 2 aliphatic heterocycles. The lowest BCUT2D eigenvalue weighted by molar-refractivity contribution is -0.121. The molecule has 1 N–H and O–H groups in total. The standard InChI is InChI=1S/C19H15N3O3/c20-11-13-6-7-14(10-15(13)12-4-2-1-3-5-12)22-18(24)17-16(23)8-9-21(17)19(22)25/h1-7,10,16-17,23H,8-9H2/t16-,17+/m1/s1. The highest BCUT2D eigenvalue weighted by molar-refractivity contribution is 6.22. The van der Waals surface area contributed by atoms with Gasteiger partial charge in [0.25, 0.3) is 5.91 Å². The zero-order chi connectivity index (χ0) is 17.6. The molecule has 124 valence electrons. The molecular formula is C19H15N3O3. The van der Waals surface area contributed by atoms with Crippen molar-refractivity contribution >= 4 is 17.6 Å². The van der Waals surface area contributed by atoms with E-state index >= 15 is 0 Å². The van der Waals surface area contributed by atoms with Crippen LogP contribution < -0.4 is 4.90 Å². The van der Waals surface area contributed by atoms with Crippen molar-refractivity contribution in [2.45, 2.75) is 18.6 Å². The normalized spacial score (nSPS) is 22.2. The zero-order valence-electron chi connectivity index (χ0n) is 13.3. The average molecular weight is 333 g/mol. The van der Waals surface area contributed by atoms with Gasteiger partial charge in [-0.3, -0.25) is 4.79 Å². The fraction of sp³-hybridized carbons (Fsp3) is 0.211. The molecule has 2 fully saturated rings. The summed E-state index contributed by atoms with van der Waals surface area (Å²) in [5.41, 5.74) is 2.37. The Morgan fingerprint density at radius 2 is 1.88 bits per heavy atom. The number of aliphatic hydroxyl groups is 1. The Bertz CT molecular complexity index is 904. The molecule has 0 bridgehead atoms. The van der Waals surface area contributed by atoms with Gasteiger partial charge >= 0.3 is 6.03 Å². The maximum atomic E-state index is 12.6. The molecule has 2 aromatic rings. The van der Waals surface area contributed by atoms with Gasteiger partial charge in [-0.15, -0.1) is 0 Å². The number of fused-ring (bicyclic) bond motifs is 1. The van der Waals surface area contributed by atoms with Crippen molar-refractivity contribution in [3.8, 4) is 17.2 Å². The van der Waals surface area contributed by atoms with Gasteiger partial charge in [0.15, 0.2) is 0 Å². The summed E-state index contributed by atoms with van der Waals surface area (Å²) in [5, 5.41) is 19.3. The first kappa shape index (κ1) is 15.4. The summed E-state index contributed by atoms with van der Waals surface area (Å²) in [5.74, 6) is -0.418. The number of carbonyl (C=O) groups is 2. The number of nitrogens with zero attached hydrogens (tertiary/aromatic N) is 3. The highest BCUT2D eigenvalue weighted by Gasteiger charge is 2.52. The van der Waals surface area contributed by atoms with Gasteiger partial charge in [0.2, 0.25) is 0 Å². The molecule has 6 nitrogen and oxygen atoms in total. The Kier molecular flexibility index (Phi) is 3.52. The molecule has 2 aromatic carbocycles. The van der Waals surface area contributed by atoms with Crippen LogP contribution in [0, 0.1) is 11.3 Å². The van der Waals surface area contributed by atoms with Crippen molar-refractivity contribution in [3.05, 3.63) is 54.1 Å². The molecule has 0 unspecified atom stereocenters. The summed E-state index contributed by atoms with van der Waals surface area (Å²) in [7, 11) is 0. The highest BCUT2D eigenvalue weighted by Crippen LogP contribution is 2.34. The Hall–Kier alpha value is -3.17. The number of imide groups is 1. The van der Waals surface area contributed by atoms with Crippen LogP contribution in [0.1, 0.15) is 12.0 Å². The fourth-order valence-corrected chi connectivity index (χ4v) is 3.51. The second-order valence-electron chi connectivity index (χ2n) is 6.16. The van der Waals surface area contributed by atoms with E-state index in [2.05, 4.69) is 6.07 Å². The lowest BCUT2D eigenvalue weighted by Crippen LogP contribution is -2.36. The summed E-state index contributed by atoms with van der Waals surface area (Å²) in [6.45, 7) is 0.370. The number of hydrogen-bond acceptors (Lipinski definition) is 4. The van der Waals surface area contributed by atoms with Crippen LogP contribution in [0.15, 0.2) is 48.5 Å². The predicted molar refractivity (Wildman–Crippen MR) is 90.6 cm³/mol. The predicted octanol–water partition coefficient (Wildman–Crippen LogP) is 2.13. The summed E-state index contributed by atoms with van der Waals surface area (Å²) in [4.78, 5) is 27.8. The van der Waals surface area contributed by atoms with Crippen LogP contribution in [0.5, 0.6) is 0 Å². The van der Waals surface area contributed by atoms with E-state index in [0.29, 0.717) is 29.8 Å². The van der Waals surface area contributed by atoms with Crippen LogP contribution in [0.4, 0.5) is 10.5 Å². The van der Waals surface area contributed by atoms with E-state index in [9.17, 15) is 20.0 Å². The van der Waals surface area contributed by atoms with Crippen molar-refractivity contribution in [1.29, 1.82) is 5.26 Å². The molecule has 25 heavy (non-hydrogen) atoms. The molecule has 4 rings (SSSR count). The van der Waals surface area contributed by atoms with E-state index < -0.39 is 24.1 Å². The first-order valence-corrected chi connectivity index (χ1v) is 8.04. The minimum atomic E-state index is -0.826. The number of anilines is 1.